The zero-order valence-corrected chi connectivity index (χ0v) is 14.8. The summed E-state index contributed by atoms with van der Waals surface area (Å²) in [4.78, 5) is 0. The second-order valence-electron chi connectivity index (χ2n) is 6.61. The van der Waals surface area contributed by atoms with E-state index < -0.39 is 0 Å². The van der Waals surface area contributed by atoms with Gasteiger partial charge in [0, 0.05) is 12.2 Å². The predicted molar refractivity (Wildman–Crippen MR) is 99.8 cm³/mol. The number of aromatic nitrogens is 3. The van der Waals surface area contributed by atoms with E-state index in [4.69, 9.17) is 9.47 Å². The average molecular weight is 349 g/mol. The molecule has 2 heterocycles. The van der Waals surface area contributed by atoms with E-state index in [2.05, 4.69) is 22.4 Å². The fraction of sp³-hybridized carbons (Fsp3) is 0.333. The van der Waals surface area contributed by atoms with Gasteiger partial charge in [0.05, 0.1) is 18.8 Å². The van der Waals surface area contributed by atoms with Crippen molar-refractivity contribution in [3.05, 3.63) is 66.4 Å². The minimum absolute atomic E-state index is 0.257. The Labute approximate surface area is 153 Å². The van der Waals surface area contributed by atoms with Crippen LogP contribution >= 0.6 is 0 Å². The standard InChI is InChI=1S/C21H23N3O2/c1-2-6-17(7-3-1)16-26-19-11-9-18(10-12-19)21-15-24(23-22-21)14-20-8-4-5-13-25-20/h1-3,6-7,9-12,15,20H,4-5,8,13-14,16H2/t20-/m1/s1. The van der Waals surface area contributed by atoms with Crippen molar-refractivity contribution in [3.8, 4) is 17.0 Å². The number of hydrogen-bond donors (Lipinski definition) is 0. The number of hydrogen-bond acceptors (Lipinski definition) is 4. The van der Waals surface area contributed by atoms with Crippen molar-refractivity contribution in [1.82, 2.24) is 15.0 Å². The highest BCUT2D eigenvalue weighted by Crippen LogP contribution is 2.22. The molecule has 5 heteroatoms. The van der Waals surface area contributed by atoms with Crippen LogP contribution in [0.2, 0.25) is 0 Å². The molecule has 0 radical (unpaired) electrons. The summed E-state index contributed by atoms with van der Waals surface area (Å²) in [6.45, 7) is 2.19. The van der Waals surface area contributed by atoms with Gasteiger partial charge in [-0.2, -0.15) is 0 Å². The van der Waals surface area contributed by atoms with E-state index in [9.17, 15) is 0 Å². The molecule has 0 unspecified atom stereocenters. The Balaban J connectivity index is 1.36. The van der Waals surface area contributed by atoms with Crippen LogP contribution in [0.25, 0.3) is 11.3 Å². The Morgan fingerprint density at radius 2 is 1.88 bits per heavy atom. The normalized spacial score (nSPS) is 17.2. The minimum atomic E-state index is 0.257. The van der Waals surface area contributed by atoms with Gasteiger partial charge in [0.2, 0.25) is 0 Å². The molecule has 0 saturated carbocycles. The lowest BCUT2D eigenvalue weighted by Gasteiger charge is -2.21. The molecule has 1 atom stereocenters. The molecule has 0 N–H and O–H groups in total. The van der Waals surface area contributed by atoms with Crippen molar-refractivity contribution in [2.24, 2.45) is 0 Å². The molecule has 1 aliphatic heterocycles. The van der Waals surface area contributed by atoms with Gasteiger partial charge in [-0.3, -0.25) is 0 Å². The van der Waals surface area contributed by atoms with Crippen molar-refractivity contribution in [2.75, 3.05) is 6.61 Å². The number of nitrogens with zero attached hydrogens (tertiary/aromatic N) is 3. The summed E-state index contributed by atoms with van der Waals surface area (Å²) in [6.07, 6.45) is 5.74. The molecule has 134 valence electrons. The smallest absolute Gasteiger partial charge is 0.119 e. The Bertz CT molecular complexity index is 809. The summed E-state index contributed by atoms with van der Waals surface area (Å²) in [7, 11) is 0. The molecule has 3 aromatic rings. The molecular formula is C21H23N3O2. The highest BCUT2D eigenvalue weighted by Gasteiger charge is 2.15. The van der Waals surface area contributed by atoms with Gasteiger partial charge in [-0.15, -0.1) is 5.10 Å². The Hall–Kier alpha value is -2.66. The van der Waals surface area contributed by atoms with E-state index in [1.165, 1.54) is 6.42 Å². The van der Waals surface area contributed by atoms with Crippen molar-refractivity contribution >= 4 is 0 Å². The van der Waals surface area contributed by atoms with Crippen LogP contribution in [0.1, 0.15) is 24.8 Å². The van der Waals surface area contributed by atoms with Gasteiger partial charge in [-0.1, -0.05) is 35.5 Å². The summed E-state index contributed by atoms with van der Waals surface area (Å²) in [5.41, 5.74) is 3.06. The summed E-state index contributed by atoms with van der Waals surface area (Å²) in [6, 6.07) is 18.1. The summed E-state index contributed by atoms with van der Waals surface area (Å²) < 4.78 is 13.5. The third-order valence-electron chi connectivity index (χ3n) is 4.60. The molecule has 1 saturated heterocycles. The predicted octanol–water partition coefficient (Wildman–Crippen LogP) is 4.09. The lowest BCUT2D eigenvalue weighted by molar-refractivity contribution is 0.00370. The van der Waals surface area contributed by atoms with Crippen LogP contribution in [0.5, 0.6) is 5.75 Å². The first-order valence-electron chi connectivity index (χ1n) is 9.16. The molecule has 2 aromatic carbocycles. The van der Waals surface area contributed by atoms with Gasteiger partial charge < -0.3 is 9.47 Å². The van der Waals surface area contributed by atoms with E-state index in [0.29, 0.717) is 6.61 Å². The third-order valence-corrected chi connectivity index (χ3v) is 4.60. The van der Waals surface area contributed by atoms with E-state index in [1.807, 2.05) is 53.3 Å². The van der Waals surface area contributed by atoms with Crippen LogP contribution in [0.15, 0.2) is 60.8 Å². The number of ether oxygens (including phenoxy) is 2. The number of rotatable bonds is 6. The van der Waals surface area contributed by atoms with Gasteiger partial charge in [-0.05, 0) is 49.1 Å². The van der Waals surface area contributed by atoms with Crippen LogP contribution in [-0.4, -0.2) is 27.7 Å². The fourth-order valence-electron chi connectivity index (χ4n) is 3.14. The molecule has 0 aliphatic carbocycles. The van der Waals surface area contributed by atoms with Crippen LogP contribution in [0, 0.1) is 0 Å². The molecule has 1 aromatic heterocycles. The van der Waals surface area contributed by atoms with Crippen molar-refractivity contribution in [2.45, 2.75) is 38.5 Å². The molecule has 5 nitrogen and oxygen atoms in total. The molecule has 4 rings (SSSR count). The minimum Gasteiger partial charge on any atom is -0.489 e. The maximum atomic E-state index is 5.83. The van der Waals surface area contributed by atoms with Crippen molar-refractivity contribution < 1.29 is 9.47 Å². The first-order valence-corrected chi connectivity index (χ1v) is 9.16. The van der Waals surface area contributed by atoms with Gasteiger partial charge in [0.15, 0.2) is 0 Å². The van der Waals surface area contributed by atoms with Crippen LogP contribution in [0.4, 0.5) is 0 Å². The molecular weight excluding hydrogens is 326 g/mol. The highest BCUT2D eigenvalue weighted by atomic mass is 16.5. The highest BCUT2D eigenvalue weighted by molar-refractivity contribution is 5.58. The van der Waals surface area contributed by atoms with Crippen molar-refractivity contribution in [1.29, 1.82) is 0 Å². The molecule has 26 heavy (non-hydrogen) atoms. The van der Waals surface area contributed by atoms with Crippen LogP contribution < -0.4 is 4.74 Å². The fourth-order valence-corrected chi connectivity index (χ4v) is 3.14. The zero-order valence-electron chi connectivity index (χ0n) is 14.8. The largest absolute Gasteiger partial charge is 0.489 e. The SMILES string of the molecule is c1ccc(COc2ccc(-c3cn(C[C@H]4CCCCO4)nn3)cc2)cc1. The van der Waals surface area contributed by atoms with E-state index in [0.717, 1.165) is 48.6 Å². The maximum absolute atomic E-state index is 5.83. The second kappa shape index (κ2) is 8.15. The van der Waals surface area contributed by atoms with E-state index in [1.54, 1.807) is 0 Å². The molecule has 0 bridgehead atoms. The zero-order chi connectivity index (χ0) is 17.6. The average Bonchev–Trinajstić information content (AvgIpc) is 3.17. The molecule has 1 aliphatic rings. The summed E-state index contributed by atoms with van der Waals surface area (Å²) in [5, 5.41) is 8.53. The van der Waals surface area contributed by atoms with Gasteiger partial charge in [0.1, 0.15) is 18.1 Å². The molecule has 0 amide bonds. The first-order chi connectivity index (χ1) is 12.9. The second-order valence-corrected chi connectivity index (χ2v) is 6.61. The first kappa shape index (κ1) is 16.8. The Kier molecular flexibility index (Phi) is 5.26. The lowest BCUT2D eigenvalue weighted by atomic mass is 10.1. The molecule has 1 fully saturated rings. The summed E-state index contributed by atoms with van der Waals surface area (Å²) >= 11 is 0. The number of benzene rings is 2. The van der Waals surface area contributed by atoms with E-state index in [-0.39, 0.29) is 6.10 Å². The van der Waals surface area contributed by atoms with Crippen molar-refractivity contribution in [3.63, 3.8) is 0 Å². The molecule has 0 spiro atoms. The van der Waals surface area contributed by atoms with Crippen LogP contribution in [0.3, 0.4) is 0 Å². The lowest BCUT2D eigenvalue weighted by Crippen LogP contribution is -2.24. The quantitative estimate of drug-likeness (QED) is 0.672. The van der Waals surface area contributed by atoms with Gasteiger partial charge >= 0.3 is 0 Å². The van der Waals surface area contributed by atoms with Gasteiger partial charge in [0.25, 0.3) is 0 Å². The van der Waals surface area contributed by atoms with E-state index >= 15 is 0 Å². The summed E-state index contributed by atoms with van der Waals surface area (Å²) in [5.74, 6) is 0.848. The van der Waals surface area contributed by atoms with Gasteiger partial charge in [-0.25, -0.2) is 4.68 Å². The third kappa shape index (κ3) is 4.29. The monoisotopic (exact) mass is 349 g/mol. The maximum Gasteiger partial charge on any atom is 0.119 e. The van der Waals surface area contributed by atoms with Crippen LogP contribution in [-0.2, 0) is 17.9 Å². The topological polar surface area (TPSA) is 49.2 Å². The Morgan fingerprint density at radius 1 is 1.04 bits per heavy atom. The Morgan fingerprint density at radius 3 is 2.65 bits per heavy atom.